The number of isocyanates is 2. The fourth-order valence-corrected chi connectivity index (χ4v) is 1.71. The molecule has 20 heavy (non-hydrogen) atoms. The van der Waals surface area contributed by atoms with Gasteiger partial charge in [0.25, 0.3) is 0 Å². The molecule has 0 aliphatic rings. The van der Waals surface area contributed by atoms with Crippen molar-refractivity contribution >= 4 is 12.2 Å². The monoisotopic (exact) mass is 268 g/mol. The summed E-state index contributed by atoms with van der Waals surface area (Å²) in [4.78, 5) is 16.7. The van der Waals surface area contributed by atoms with E-state index in [9.17, 15) is 0 Å². The molecule has 0 fully saturated rings. The van der Waals surface area contributed by atoms with Gasteiger partial charge in [-0.25, -0.2) is 20.4 Å². The fourth-order valence-electron chi connectivity index (χ4n) is 1.71. The summed E-state index contributed by atoms with van der Waals surface area (Å²) >= 11 is 0. The largest absolute Gasteiger partial charge is 0.231 e. The Kier molecular flexibility index (Phi) is 8.73. The molecule has 0 saturated heterocycles. The van der Waals surface area contributed by atoms with E-state index in [1.165, 1.54) is 22.3 Å². The molecular weight excluding hydrogens is 252 g/mol. The van der Waals surface area contributed by atoms with Gasteiger partial charge in [0.15, 0.2) is 0 Å². The first-order chi connectivity index (χ1) is 9.60. The Balaban J connectivity index is 0.000000520. The molecule has 0 unspecified atom stereocenters. The predicted molar refractivity (Wildman–Crippen MR) is 78.2 cm³/mol. The maximum Gasteiger partial charge on any atom is 0.231 e. The van der Waals surface area contributed by atoms with E-state index in [-0.39, 0.29) is 0 Å². The Bertz CT molecular complexity index is 597. The molecule has 0 heterocycles. The Morgan fingerprint density at radius 1 is 0.850 bits per heavy atom. The van der Waals surface area contributed by atoms with Crippen LogP contribution < -0.4 is 0 Å². The lowest BCUT2D eigenvalue weighted by molar-refractivity contribution is 0.562. The summed E-state index contributed by atoms with van der Waals surface area (Å²) in [5.74, 6) is 0. The third-order valence-corrected chi connectivity index (χ3v) is 2.47. The van der Waals surface area contributed by atoms with E-state index in [0.717, 1.165) is 12.2 Å². The van der Waals surface area contributed by atoms with E-state index in [0.29, 0.717) is 0 Å². The van der Waals surface area contributed by atoms with Crippen molar-refractivity contribution in [3.63, 3.8) is 0 Å². The molecular formula is C16H16N2O2. The van der Waals surface area contributed by atoms with E-state index in [2.05, 4.69) is 62.4 Å². The molecule has 2 rings (SSSR count). The second-order valence-corrected chi connectivity index (χ2v) is 3.89. The summed E-state index contributed by atoms with van der Waals surface area (Å²) in [6, 6.07) is 17.1. The van der Waals surface area contributed by atoms with Crippen molar-refractivity contribution in [2.24, 2.45) is 0 Å². The van der Waals surface area contributed by atoms with Crippen molar-refractivity contribution in [2.75, 3.05) is 0 Å². The van der Waals surface area contributed by atoms with Gasteiger partial charge < -0.3 is 0 Å². The van der Waals surface area contributed by atoms with Gasteiger partial charge in [-0.3, -0.25) is 0 Å². The summed E-state index contributed by atoms with van der Waals surface area (Å²) in [7, 11) is 0. The standard InChI is InChI=1S/C14H14.2CHNO/c1-11-6-5-8-13(10-11)14-9-4-3-7-12(14)2;2*2-1-3/h3-10H,1-2H3;2*2H. The van der Waals surface area contributed by atoms with E-state index in [4.69, 9.17) is 20.4 Å². The van der Waals surface area contributed by atoms with Gasteiger partial charge in [0.2, 0.25) is 12.2 Å². The van der Waals surface area contributed by atoms with Crippen molar-refractivity contribution in [1.82, 2.24) is 0 Å². The summed E-state index contributed by atoms with van der Waals surface area (Å²) in [5.41, 5.74) is 5.28. The molecule has 0 atom stereocenters. The molecule has 0 radical (unpaired) electrons. The van der Waals surface area contributed by atoms with Crippen molar-refractivity contribution in [3.8, 4) is 11.1 Å². The highest BCUT2D eigenvalue weighted by molar-refractivity contribution is 5.67. The average Bonchev–Trinajstić information content (AvgIpc) is 2.41. The summed E-state index contributed by atoms with van der Waals surface area (Å²) in [5, 5.41) is 10.8. The Morgan fingerprint density at radius 2 is 1.40 bits per heavy atom. The highest BCUT2D eigenvalue weighted by Gasteiger charge is 1.99. The Labute approximate surface area is 118 Å². The minimum atomic E-state index is 0.750. The zero-order valence-electron chi connectivity index (χ0n) is 11.4. The van der Waals surface area contributed by atoms with Gasteiger partial charge in [0.05, 0.1) is 0 Å². The van der Waals surface area contributed by atoms with E-state index in [1.54, 1.807) is 0 Å². The summed E-state index contributed by atoms with van der Waals surface area (Å²) in [6.45, 7) is 4.28. The lowest BCUT2D eigenvalue weighted by atomic mass is 9.99. The zero-order chi connectivity index (χ0) is 15.4. The molecule has 0 amide bonds. The van der Waals surface area contributed by atoms with Gasteiger partial charge in [-0.1, -0.05) is 54.1 Å². The smallest absolute Gasteiger partial charge is 0.222 e. The van der Waals surface area contributed by atoms with Gasteiger partial charge in [0, 0.05) is 0 Å². The van der Waals surface area contributed by atoms with Crippen LogP contribution in [0.1, 0.15) is 11.1 Å². The van der Waals surface area contributed by atoms with E-state index in [1.807, 2.05) is 0 Å². The Hall–Kier alpha value is -2.80. The highest BCUT2D eigenvalue weighted by Crippen LogP contribution is 2.23. The molecule has 0 aliphatic heterocycles. The first kappa shape index (κ1) is 17.2. The number of hydrogen-bond acceptors (Lipinski definition) is 4. The van der Waals surface area contributed by atoms with Crippen molar-refractivity contribution in [2.45, 2.75) is 13.8 Å². The van der Waals surface area contributed by atoms with Crippen molar-refractivity contribution in [3.05, 3.63) is 59.7 Å². The van der Waals surface area contributed by atoms with Crippen LogP contribution in [0.3, 0.4) is 0 Å². The minimum absolute atomic E-state index is 0.750. The first-order valence-electron chi connectivity index (χ1n) is 5.81. The minimum Gasteiger partial charge on any atom is -0.222 e. The van der Waals surface area contributed by atoms with Crippen LogP contribution in [0.5, 0.6) is 0 Å². The average molecular weight is 268 g/mol. The molecule has 4 heteroatoms. The highest BCUT2D eigenvalue weighted by atomic mass is 16.1. The molecule has 0 spiro atoms. The van der Waals surface area contributed by atoms with Crippen LogP contribution in [0.2, 0.25) is 0 Å². The van der Waals surface area contributed by atoms with E-state index < -0.39 is 0 Å². The Morgan fingerprint density at radius 3 is 1.90 bits per heavy atom. The van der Waals surface area contributed by atoms with Gasteiger partial charge in [0.1, 0.15) is 0 Å². The predicted octanol–water partition coefficient (Wildman–Crippen LogP) is 3.77. The molecule has 4 nitrogen and oxygen atoms in total. The van der Waals surface area contributed by atoms with Crippen molar-refractivity contribution < 1.29 is 9.59 Å². The molecule has 0 aromatic heterocycles. The van der Waals surface area contributed by atoms with Crippen molar-refractivity contribution in [1.29, 1.82) is 10.8 Å². The van der Waals surface area contributed by atoms with Gasteiger partial charge in [-0.05, 0) is 30.5 Å². The zero-order valence-corrected chi connectivity index (χ0v) is 11.4. The van der Waals surface area contributed by atoms with Crippen LogP contribution in [0, 0.1) is 24.7 Å². The molecule has 2 N–H and O–H groups in total. The third-order valence-electron chi connectivity index (χ3n) is 2.47. The number of benzene rings is 2. The molecule has 2 aromatic rings. The number of rotatable bonds is 1. The molecule has 0 aliphatic carbocycles. The molecule has 0 saturated carbocycles. The SMILES string of the molecule is Cc1cccc(-c2ccccc2C)c1.N=C=O.N=C=O. The normalized spacial score (nSPS) is 7.90. The number of carbonyl (C=O) groups excluding carboxylic acids is 2. The lowest BCUT2D eigenvalue weighted by Gasteiger charge is -2.05. The number of nitrogens with one attached hydrogen (secondary N) is 2. The van der Waals surface area contributed by atoms with Gasteiger partial charge in [-0.2, -0.15) is 0 Å². The van der Waals surface area contributed by atoms with E-state index >= 15 is 0 Å². The second-order valence-electron chi connectivity index (χ2n) is 3.89. The third kappa shape index (κ3) is 6.22. The number of aryl methyl sites for hydroxylation is 2. The van der Waals surface area contributed by atoms with Crippen LogP contribution in [0.25, 0.3) is 11.1 Å². The van der Waals surface area contributed by atoms with Crippen LogP contribution >= 0.6 is 0 Å². The summed E-state index contributed by atoms with van der Waals surface area (Å²) < 4.78 is 0. The second kappa shape index (κ2) is 10.2. The number of hydrogen-bond donors (Lipinski definition) is 2. The summed E-state index contributed by atoms with van der Waals surface area (Å²) in [6.07, 6.45) is 1.50. The maximum atomic E-state index is 8.35. The topological polar surface area (TPSA) is 81.8 Å². The van der Waals surface area contributed by atoms with Crippen LogP contribution in [0.4, 0.5) is 0 Å². The van der Waals surface area contributed by atoms with Crippen LogP contribution in [-0.2, 0) is 9.59 Å². The molecule has 2 aromatic carbocycles. The molecule has 0 bridgehead atoms. The van der Waals surface area contributed by atoms with Gasteiger partial charge in [-0.15, -0.1) is 0 Å². The van der Waals surface area contributed by atoms with Gasteiger partial charge >= 0.3 is 0 Å². The fraction of sp³-hybridized carbons (Fsp3) is 0.125. The van der Waals surface area contributed by atoms with Crippen LogP contribution in [-0.4, -0.2) is 12.2 Å². The quantitative estimate of drug-likeness (QED) is 0.609. The lowest BCUT2D eigenvalue weighted by Crippen LogP contribution is -1.82. The maximum absolute atomic E-state index is 8.35. The first-order valence-corrected chi connectivity index (χ1v) is 5.81. The van der Waals surface area contributed by atoms with Crippen LogP contribution in [0.15, 0.2) is 48.5 Å². The molecule has 102 valence electrons.